The van der Waals surface area contributed by atoms with Crippen LogP contribution in [0.25, 0.3) is 22.7 Å². The van der Waals surface area contributed by atoms with E-state index in [4.69, 9.17) is 21.1 Å². The van der Waals surface area contributed by atoms with Crippen molar-refractivity contribution in [2.75, 3.05) is 6.79 Å². The second kappa shape index (κ2) is 5.59. The smallest absolute Gasteiger partial charge is 0.231 e. The standard InChI is InChI=1S/C18H12ClN3O2/c1-22-15-5-3-2-4-14(15)21-18(22)12(9-20)6-11-7-13(19)17-16(8-11)23-10-24-17/h2-8H,10H2,1H3/b12-6+. The Balaban J connectivity index is 1.84. The zero-order chi connectivity index (χ0) is 16.7. The number of imidazole rings is 1. The first-order chi connectivity index (χ1) is 11.7. The van der Waals surface area contributed by atoms with Gasteiger partial charge in [-0.05, 0) is 35.9 Å². The van der Waals surface area contributed by atoms with Crippen molar-refractivity contribution in [1.82, 2.24) is 9.55 Å². The molecule has 1 aromatic heterocycles. The SMILES string of the molecule is Cn1c(/C(C#N)=C/c2cc(Cl)c3c(c2)OCO3)nc2ccccc21. The lowest BCUT2D eigenvalue weighted by Gasteiger charge is -2.03. The van der Waals surface area contributed by atoms with Gasteiger partial charge in [-0.3, -0.25) is 0 Å². The van der Waals surface area contributed by atoms with E-state index >= 15 is 0 Å². The van der Waals surface area contributed by atoms with Crippen LogP contribution < -0.4 is 9.47 Å². The Morgan fingerprint density at radius 2 is 2.17 bits per heavy atom. The summed E-state index contributed by atoms with van der Waals surface area (Å²) < 4.78 is 12.6. The van der Waals surface area contributed by atoms with Gasteiger partial charge < -0.3 is 14.0 Å². The molecule has 6 heteroatoms. The minimum absolute atomic E-state index is 0.151. The number of ether oxygens (including phenoxy) is 2. The molecule has 0 spiro atoms. The Morgan fingerprint density at radius 3 is 2.96 bits per heavy atom. The number of nitrogens with zero attached hydrogens (tertiary/aromatic N) is 3. The van der Waals surface area contributed by atoms with Crippen LogP contribution in [0.3, 0.4) is 0 Å². The maximum absolute atomic E-state index is 9.59. The third-order valence-electron chi connectivity index (χ3n) is 3.91. The number of benzene rings is 2. The molecule has 2 aromatic carbocycles. The van der Waals surface area contributed by atoms with Gasteiger partial charge in [-0.2, -0.15) is 5.26 Å². The number of hydrogen-bond acceptors (Lipinski definition) is 4. The van der Waals surface area contributed by atoms with E-state index in [0.717, 1.165) is 16.6 Å². The number of rotatable bonds is 2. The van der Waals surface area contributed by atoms with Crippen LogP contribution in [0.15, 0.2) is 36.4 Å². The molecule has 0 saturated carbocycles. The second-order valence-electron chi connectivity index (χ2n) is 5.39. The molecule has 118 valence electrons. The molecule has 5 nitrogen and oxygen atoms in total. The summed E-state index contributed by atoms with van der Waals surface area (Å²) in [4.78, 5) is 4.56. The average Bonchev–Trinajstić information content (AvgIpc) is 3.18. The van der Waals surface area contributed by atoms with Gasteiger partial charge in [0.1, 0.15) is 6.07 Å². The van der Waals surface area contributed by atoms with Crippen LogP contribution in [-0.2, 0) is 7.05 Å². The van der Waals surface area contributed by atoms with Crippen LogP contribution >= 0.6 is 11.6 Å². The minimum atomic E-state index is 0.151. The van der Waals surface area contributed by atoms with Crippen molar-refractivity contribution in [3.63, 3.8) is 0 Å². The third kappa shape index (κ3) is 2.29. The molecule has 0 bridgehead atoms. The van der Waals surface area contributed by atoms with Gasteiger partial charge in [0, 0.05) is 7.05 Å². The molecule has 2 heterocycles. The topological polar surface area (TPSA) is 60.1 Å². The highest BCUT2D eigenvalue weighted by atomic mass is 35.5. The molecule has 0 fully saturated rings. The Kier molecular flexibility index (Phi) is 3.40. The van der Waals surface area contributed by atoms with E-state index in [-0.39, 0.29) is 6.79 Å². The van der Waals surface area contributed by atoms with Crippen molar-refractivity contribution in [1.29, 1.82) is 5.26 Å². The van der Waals surface area contributed by atoms with Crippen LogP contribution in [-0.4, -0.2) is 16.3 Å². The number of aromatic nitrogens is 2. The lowest BCUT2D eigenvalue weighted by molar-refractivity contribution is 0.174. The molecule has 0 N–H and O–H groups in total. The predicted octanol–water partition coefficient (Wildman–Crippen LogP) is 4.02. The van der Waals surface area contributed by atoms with E-state index in [2.05, 4.69) is 11.1 Å². The zero-order valence-electron chi connectivity index (χ0n) is 12.8. The third-order valence-corrected chi connectivity index (χ3v) is 4.19. The van der Waals surface area contributed by atoms with Crippen molar-refractivity contribution in [3.8, 4) is 17.6 Å². The zero-order valence-corrected chi connectivity index (χ0v) is 13.5. The highest BCUT2D eigenvalue weighted by Gasteiger charge is 2.18. The van der Waals surface area contributed by atoms with E-state index in [1.54, 1.807) is 18.2 Å². The number of aryl methyl sites for hydroxylation is 1. The molecule has 24 heavy (non-hydrogen) atoms. The maximum atomic E-state index is 9.59. The molecular formula is C18H12ClN3O2. The molecule has 0 amide bonds. The van der Waals surface area contributed by atoms with Crippen molar-refractivity contribution >= 4 is 34.3 Å². The van der Waals surface area contributed by atoms with Gasteiger partial charge in [-0.15, -0.1) is 0 Å². The summed E-state index contributed by atoms with van der Waals surface area (Å²) in [5.41, 5.74) is 3.02. The van der Waals surface area contributed by atoms with Crippen LogP contribution in [0, 0.1) is 11.3 Å². The normalized spacial score (nSPS) is 13.3. The second-order valence-corrected chi connectivity index (χ2v) is 5.80. The number of fused-ring (bicyclic) bond motifs is 2. The van der Waals surface area contributed by atoms with E-state index in [1.807, 2.05) is 35.9 Å². The Bertz CT molecular complexity index is 1030. The Morgan fingerprint density at radius 1 is 1.33 bits per heavy atom. The van der Waals surface area contributed by atoms with Gasteiger partial charge in [0.25, 0.3) is 0 Å². The van der Waals surface area contributed by atoms with Crippen molar-refractivity contribution in [3.05, 3.63) is 52.8 Å². The monoisotopic (exact) mass is 337 g/mol. The summed E-state index contributed by atoms with van der Waals surface area (Å²) in [6, 6.07) is 13.5. The predicted molar refractivity (Wildman–Crippen MR) is 91.8 cm³/mol. The first kappa shape index (κ1) is 14.6. The van der Waals surface area contributed by atoms with E-state index in [1.165, 1.54) is 0 Å². The number of allylic oxidation sites excluding steroid dienone is 1. The minimum Gasteiger partial charge on any atom is -0.454 e. The van der Waals surface area contributed by atoms with Gasteiger partial charge in [0.05, 0.1) is 21.6 Å². The summed E-state index contributed by atoms with van der Waals surface area (Å²) in [6.45, 7) is 0.151. The number of hydrogen-bond donors (Lipinski definition) is 0. The maximum Gasteiger partial charge on any atom is 0.231 e. The Labute approximate surface area is 143 Å². The molecule has 1 aliphatic heterocycles. The largest absolute Gasteiger partial charge is 0.454 e. The van der Waals surface area contributed by atoms with Gasteiger partial charge in [0.15, 0.2) is 17.3 Å². The van der Waals surface area contributed by atoms with E-state index in [0.29, 0.717) is 27.9 Å². The van der Waals surface area contributed by atoms with Crippen LogP contribution in [0.4, 0.5) is 0 Å². The molecule has 0 radical (unpaired) electrons. The molecule has 0 saturated heterocycles. The number of halogens is 1. The summed E-state index contributed by atoms with van der Waals surface area (Å²) in [7, 11) is 1.89. The van der Waals surface area contributed by atoms with E-state index in [9.17, 15) is 5.26 Å². The van der Waals surface area contributed by atoms with Gasteiger partial charge >= 0.3 is 0 Å². The molecule has 4 rings (SSSR count). The summed E-state index contributed by atoms with van der Waals surface area (Å²) >= 11 is 6.20. The van der Waals surface area contributed by atoms with Crippen molar-refractivity contribution < 1.29 is 9.47 Å². The number of nitriles is 1. The van der Waals surface area contributed by atoms with Crippen LogP contribution in [0.1, 0.15) is 11.4 Å². The quantitative estimate of drug-likeness (QED) is 0.663. The fraction of sp³-hybridized carbons (Fsp3) is 0.111. The molecular weight excluding hydrogens is 326 g/mol. The van der Waals surface area contributed by atoms with Gasteiger partial charge in [0.2, 0.25) is 6.79 Å². The molecule has 0 aliphatic carbocycles. The number of para-hydroxylation sites is 2. The average molecular weight is 338 g/mol. The van der Waals surface area contributed by atoms with E-state index < -0.39 is 0 Å². The lowest BCUT2D eigenvalue weighted by atomic mass is 10.1. The van der Waals surface area contributed by atoms with Gasteiger partial charge in [-0.1, -0.05) is 23.7 Å². The molecule has 3 aromatic rings. The summed E-state index contributed by atoms with van der Waals surface area (Å²) in [5, 5.41) is 10.0. The van der Waals surface area contributed by atoms with Crippen molar-refractivity contribution in [2.24, 2.45) is 7.05 Å². The fourth-order valence-electron chi connectivity index (χ4n) is 2.77. The Hall–Kier alpha value is -2.97. The fourth-order valence-corrected chi connectivity index (χ4v) is 3.04. The highest BCUT2D eigenvalue weighted by molar-refractivity contribution is 6.32. The van der Waals surface area contributed by atoms with Crippen LogP contribution in [0.2, 0.25) is 5.02 Å². The molecule has 1 aliphatic rings. The first-order valence-electron chi connectivity index (χ1n) is 7.30. The van der Waals surface area contributed by atoms with Crippen molar-refractivity contribution in [2.45, 2.75) is 0 Å². The highest BCUT2D eigenvalue weighted by Crippen LogP contribution is 2.40. The summed E-state index contributed by atoms with van der Waals surface area (Å²) in [6.07, 6.45) is 1.75. The van der Waals surface area contributed by atoms with Gasteiger partial charge in [-0.25, -0.2) is 4.98 Å². The molecule has 0 atom stereocenters. The first-order valence-corrected chi connectivity index (χ1v) is 7.68. The summed E-state index contributed by atoms with van der Waals surface area (Å²) in [5.74, 6) is 1.72. The van der Waals surface area contributed by atoms with Crippen LogP contribution in [0.5, 0.6) is 11.5 Å². The lowest BCUT2D eigenvalue weighted by Crippen LogP contribution is -1.96. The molecule has 0 unspecified atom stereocenters.